The fourth-order valence-corrected chi connectivity index (χ4v) is 3.18. The molecule has 0 atom stereocenters. The summed E-state index contributed by atoms with van der Waals surface area (Å²) in [6, 6.07) is 19.9. The zero-order chi connectivity index (χ0) is 22.0. The fraction of sp³-hybridized carbons (Fsp3) is 0. The third-order valence-corrected chi connectivity index (χ3v) is 4.73. The minimum atomic E-state index is -0.578. The second-order valence-electron chi connectivity index (χ2n) is 6.54. The number of nitrogens with zero attached hydrogens (tertiary/aromatic N) is 3. The normalized spacial score (nSPS) is 10.6. The number of anilines is 1. The predicted octanol–water partition coefficient (Wildman–Crippen LogP) is 5.49. The molecule has 4 rings (SSSR count). The first-order valence-corrected chi connectivity index (χ1v) is 9.47. The van der Waals surface area contributed by atoms with Crippen molar-refractivity contribution in [3.8, 4) is 16.9 Å². The van der Waals surface area contributed by atoms with Gasteiger partial charge in [0.1, 0.15) is 11.5 Å². The van der Waals surface area contributed by atoms with Crippen LogP contribution >= 0.6 is 11.6 Å². The number of non-ortho nitro benzene ring substituents is 1. The second-order valence-corrected chi connectivity index (χ2v) is 6.98. The Bertz CT molecular complexity index is 1290. The van der Waals surface area contributed by atoms with Crippen molar-refractivity contribution in [2.24, 2.45) is 0 Å². The molecule has 1 aromatic heterocycles. The van der Waals surface area contributed by atoms with Gasteiger partial charge < -0.3 is 5.32 Å². The molecule has 0 aliphatic carbocycles. The van der Waals surface area contributed by atoms with Crippen LogP contribution in [0, 0.1) is 15.9 Å². The molecular formula is C22H14ClFN4O3. The second kappa shape index (κ2) is 8.37. The van der Waals surface area contributed by atoms with E-state index in [1.165, 1.54) is 41.1 Å². The molecule has 0 radical (unpaired) electrons. The first-order chi connectivity index (χ1) is 14.9. The highest BCUT2D eigenvalue weighted by molar-refractivity contribution is 6.30. The van der Waals surface area contributed by atoms with Gasteiger partial charge in [-0.1, -0.05) is 29.8 Å². The molecule has 1 heterocycles. The minimum absolute atomic E-state index is 0.0308. The van der Waals surface area contributed by atoms with Crippen molar-refractivity contribution >= 4 is 28.9 Å². The van der Waals surface area contributed by atoms with Gasteiger partial charge in [0.05, 0.1) is 22.0 Å². The van der Waals surface area contributed by atoms with Crippen molar-refractivity contribution in [1.29, 1.82) is 0 Å². The molecule has 0 bridgehead atoms. The molecule has 0 aliphatic rings. The lowest BCUT2D eigenvalue weighted by atomic mass is 10.1. The highest BCUT2D eigenvalue weighted by Gasteiger charge is 2.19. The van der Waals surface area contributed by atoms with Crippen LogP contribution in [0.25, 0.3) is 16.9 Å². The van der Waals surface area contributed by atoms with Crippen LogP contribution < -0.4 is 5.32 Å². The summed E-state index contributed by atoms with van der Waals surface area (Å²) in [5.74, 6) is -1.15. The van der Waals surface area contributed by atoms with Crippen molar-refractivity contribution in [2.75, 3.05) is 5.32 Å². The minimum Gasteiger partial charge on any atom is -0.318 e. The number of aromatic nitrogens is 2. The number of amides is 1. The summed E-state index contributed by atoms with van der Waals surface area (Å²) in [7, 11) is 0. The molecule has 1 N–H and O–H groups in total. The number of carbonyl (C=O) groups is 1. The Labute approximate surface area is 180 Å². The highest BCUT2D eigenvalue weighted by Crippen LogP contribution is 2.26. The lowest BCUT2D eigenvalue weighted by Crippen LogP contribution is -2.17. The number of halogens is 2. The maximum atomic E-state index is 14.0. The van der Waals surface area contributed by atoms with E-state index in [4.69, 9.17) is 11.6 Å². The van der Waals surface area contributed by atoms with Crippen molar-refractivity contribution < 1.29 is 14.1 Å². The molecule has 7 nitrogen and oxygen atoms in total. The monoisotopic (exact) mass is 436 g/mol. The summed E-state index contributed by atoms with van der Waals surface area (Å²) < 4.78 is 15.4. The first kappa shape index (κ1) is 20.2. The highest BCUT2D eigenvalue weighted by atomic mass is 35.5. The summed E-state index contributed by atoms with van der Waals surface area (Å²) in [6.45, 7) is 0. The molecule has 4 aromatic rings. The Kier molecular flexibility index (Phi) is 5.46. The Morgan fingerprint density at radius 2 is 1.77 bits per heavy atom. The molecule has 3 aromatic carbocycles. The third-order valence-electron chi connectivity index (χ3n) is 4.49. The van der Waals surface area contributed by atoms with Crippen LogP contribution in [0.1, 0.15) is 10.5 Å². The molecule has 0 spiro atoms. The SMILES string of the molecule is O=C(Nc1ccccc1F)c1cc(-c2ccc([N+](=O)[O-])cc2)nn1-c1cccc(Cl)c1. The van der Waals surface area contributed by atoms with Gasteiger partial charge in [0.25, 0.3) is 11.6 Å². The number of hydrogen-bond acceptors (Lipinski definition) is 4. The van der Waals surface area contributed by atoms with Crippen molar-refractivity contribution in [3.05, 3.63) is 106 Å². The van der Waals surface area contributed by atoms with E-state index < -0.39 is 16.6 Å². The van der Waals surface area contributed by atoms with Crippen LogP contribution in [0.3, 0.4) is 0 Å². The molecule has 9 heteroatoms. The first-order valence-electron chi connectivity index (χ1n) is 9.09. The Morgan fingerprint density at radius 3 is 2.45 bits per heavy atom. The van der Waals surface area contributed by atoms with Gasteiger partial charge in [-0.3, -0.25) is 14.9 Å². The number of nitro benzene ring substituents is 1. The zero-order valence-electron chi connectivity index (χ0n) is 15.8. The van der Waals surface area contributed by atoms with Crippen LogP contribution in [-0.2, 0) is 0 Å². The standard InChI is InChI=1S/C22H14ClFN4O3/c23-15-4-3-5-17(12-15)27-21(22(29)25-19-7-2-1-6-18(19)24)13-20(26-27)14-8-10-16(11-9-14)28(30)31/h1-13H,(H,25,29). The zero-order valence-corrected chi connectivity index (χ0v) is 16.6. The van der Waals surface area contributed by atoms with Crippen molar-refractivity contribution in [1.82, 2.24) is 9.78 Å². The van der Waals surface area contributed by atoms with Gasteiger partial charge >= 0.3 is 0 Å². The maximum Gasteiger partial charge on any atom is 0.274 e. The molecule has 0 aliphatic heterocycles. The van der Waals surface area contributed by atoms with E-state index in [0.717, 1.165) is 0 Å². The predicted molar refractivity (Wildman–Crippen MR) is 115 cm³/mol. The average Bonchev–Trinajstić information content (AvgIpc) is 3.21. The van der Waals surface area contributed by atoms with Crippen molar-refractivity contribution in [2.45, 2.75) is 0 Å². The Hall–Kier alpha value is -4.04. The average molecular weight is 437 g/mol. The lowest BCUT2D eigenvalue weighted by molar-refractivity contribution is -0.384. The molecule has 154 valence electrons. The maximum absolute atomic E-state index is 14.0. The number of nitro groups is 1. The van der Waals surface area contributed by atoms with E-state index in [1.54, 1.807) is 42.5 Å². The molecule has 31 heavy (non-hydrogen) atoms. The van der Waals surface area contributed by atoms with Gasteiger partial charge in [-0.25, -0.2) is 9.07 Å². The van der Waals surface area contributed by atoms with Gasteiger partial charge in [0.2, 0.25) is 0 Å². The third kappa shape index (κ3) is 4.29. The van der Waals surface area contributed by atoms with E-state index in [9.17, 15) is 19.3 Å². The summed E-state index contributed by atoms with van der Waals surface area (Å²) in [5, 5.41) is 18.4. The molecule has 0 saturated heterocycles. The molecule has 0 saturated carbocycles. The van der Waals surface area contributed by atoms with Crippen LogP contribution in [0.2, 0.25) is 5.02 Å². The van der Waals surface area contributed by atoms with Gasteiger partial charge in [-0.2, -0.15) is 5.10 Å². The Balaban J connectivity index is 1.78. The number of hydrogen-bond donors (Lipinski definition) is 1. The van der Waals surface area contributed by atoms with Crippen LogP contribution in [-0.4, -0.2) is 20.6 Å². The number of benzene rings is 3. The number of carbonyl (C=O) groups excluding carboxylic acids is 1. The molecule has 0 unspecified atom stereocenters. The summed E-state index contributed by atoms with van der Waals surface area (Å²) in [6.07, 6.45) is 0. The molecular weight excluding hydrogens is 423 g/mol. The topological polar surface area (TPSA) is 90.1 Å². The quantitative estimate of drug-likeness (QED) is 0.330. The van der Waals surface area contributed by atoms with E-state index in [1.807, 2.05) is 0 Å². The molecule has 0 fully saturated rings. The number of rotatable bonds is 5. The van der Waals surface area contributed by atoms with Gasteiger partial charge in [0.15, 0.2) is 0 Å². The summed E-state index contributed by atoms with van der Waals surface area (Å²) in [4.78, 5) is 23.4. The van der Waals surface area contributed by atoms with E-state index in [-0.39, 0.29) is 17.1 Å². The molecule has 1 amide bonds. The van der Waals surface area contributed by atoms with Crippen LogP contribution in [0.4, 0.5) is 15.8 Å². The van der Waals surface area contributed by atoms with Gasteiger partial charge in [0, 0.05) is 22.7 Å². The Morgan fingerprint density at radius 1 is 1.03 bits per heavy atom. The largest absolute Gasteiger partial charge is 0.318 e. The van der Waals surface area contributed by atoms with Crippen LogP contribution in [0.15, 0.2) is 78.9 Å². The van der Waals surface area contributed by atoms with Crippen molar-refractivity contribution in [3.63, 3.8) is 0 Å². The van der Waals surface area contributed by atoms with Crippen LogP contribution in [0.5, 0.6) is 0 Å². The fourth-order valence-electron chi connectivity index (χ4n) is 2.99. The van der Waals surface area contributed by atoms with E-state index >= 15 is 0 Å². The number of nitrogens with one attached hydrogen (secondary N) is 1. The summed E-state index contributed by atoms with van der Waals surface area (Å²) in [5.41, 5.74) is 1.62. The number of para-hydroxylation sites is 1. The van der Waals surface area contributed by atoms with Gasteiger partial charge in [-0.05, 0) is 48.5 Å². The smallest absolute Gasteiger partial charge is 0.274 e. The van der Waals surface area contributed by atoms with E-state index in [0.29, 0.717) is 22.0 Å². The lowest BCUT2D eigenvalue weighted by Gasteiger charge is -2.09. The van der Waals surface area contributed by atoms with E-state index in [2.05, 4.69) is 10.4 Å². The summed E-state index contributed by atoms with van der Waals surface area (Å²) >= 11 is 6.09. The van der Waals surface area contributed by atoms with Gasteiger partial charge in [-0.15, -0.1) is 0 Å².